The van der Waals surface area contributed by atoms with Crippen LogP contribution >= 0.6 is 23.2 Å². The summed E-state index contributed by atoms with van der Waals surface area (Å²) < 4.78 is 0. The SMILES string of the molecule is O=C(O)[C@]1(Cl)C(Cl)CCN1C1CC1. The zero-order valence-corrected chi connectivity index (χ0v) is 8.55. The molecule has 13 heavy (non-hydrogen) atoms. The van der Waals surface area contributed by atoms with E-state index < -0.39 is 16.3 Å². The van der Waals surface area contributed by atoms with Crippen molar-refractivity contribution in [2.24, 2.45) is 0 Å². The molecule has 2 aliphatic rings. The average molecular weight is 224 g/mol. The molecule has 2 rings (SSSR count). The fourth-order valence-corrected chi connectivity index (χ4v) is 2.53. The Hall–Kier alpha value is 0.01000. The van der Waals surface area contributed by atoms with E-state index in [1.54, 1.807) is 0 Å². The maximum atomic E-state index is 11.0. The molecule has 0 bridgehead atoms. The monoisotopic (exact) mass is 223 g/mol. The van der Waals surface area contributed by atoms with Gasteiger partial charge in [-0.3, -0.25) is 4.90 Å². The van der Waals surface area contributed by atoms with Gasteiger partial charge in [0, 0.05) is 12.6 Å². The third-order valence-corrected chi connectivity index (χ3v) is 4.03. The Labute approximate surface area is 86.6 Å². The van der Waals surface area contributed by atoms with Gasteiger partial charge in [-0.2, -0.15) is 0 Å². The van der Waals surface area contributed by atoms with Gasteiger partial charge in [0.1, 0.15) is 0 Å². The molecule has 0 aromatic rings. The Kier molecular flexibility index (Phi) is 2.21. The minimum absolute atomic E-state index is 0.345. The lowest BCUT2D eigenvalue weighted by Crippen LogP contribution is -2.51. The molecule has 2 atom stereocenters. The molecule has 74 valence electrons. The standard InChI is InChI=1S/C8H11Cl2NO2/c9-6-3-4-11(5-1-2-5)8(6,10)7(12)13/h5-6H,1-4H2,(H,12,13)/t6?,8-/m0/s1. The minimum atomic E-state index is -1.36. The van der Waals surface area contributed by atoms with E-state index in [9.17, 15) is 4.79 Å². The van der Waals surface area contributed by atoms with Crippen molar-refractivity contribution in [3.05, 3.63) is 0 Å². The second-order valence-corrected chi connectivity index (χ2v) is 4.76. The zero-order valence-electron chi connectivity index (χ0n) is 7.04. The fourth-order valence-electron chi connectivity index (χ4n) is 1.88. The number of nitrogens with zero attached hydrogens (tertiary/aromatic N) is 1. The molecule has 3 nitrogen and oxygen atoms in total. The van der Waals surface area contributed by atoms with Gasteiger partial charge in [0.25, 0.3) is 0 Å². The van der Waals surface area contributed by atoms with Gasteiger partial charge in [-0.1, -0.05) is 11.6 Å². The smallest absolute Gasteiger partial charge is 0.341 e. The highest BCUT2D eigenvalue weighted by molar-refractivity contribution is 6.40. The summed E-state index contributed by atoms with van der Waals surface area (Å²) in [6.45, 7) is 0.703. The summed E-state index contributed by atoms with van der Waals surface area (Å²) in [6, 6.07) is 0.345. The molecule has 1 aliphatic heterocycles. The molecule has 1 heterocycles. The van der Waals surface area contributed by atoms with Gasteiger partial charge in [-0.25, -0.2) is 4.79 Å². The number of likely N-dealkylation sites (tertiary alicyclic amines) is 1. The van der Waals surface area contributed by atoms with E-state index in [1.165, 1.54) is 0 Å². The quantitative estimate of drug-likeness (QED) is 0.570. The lowest BCUT2D eigenvalue weighted by Gasteiger charge is -2.30. The van der Waals surface area contributed by atoms with Crippen molar-refractivity contribution in [3.8, 4) is 0 Å². The Morgan fingerprint density at radius 2 is 2.08 bits per heavy atom. The van der Waals surface area contributed by atoms with E-state index in [0.29, 0.717) is 19.0 Å². The van der Waals surface area contributed by atoms with Crippen LogP contribution in [0.3, 0.4) is 0 Å². The molecular weight excluding hydrogens is 213 g/mol. The van der Waals surface area contributed by atoms with Crippen molar-refractivity contribution in [1.29, 1.82) is 0 Å². The molecule has 0 amide bonds. The van der Waals surface area contributed by atoms with E-state index in [4.69, 9.17) is 28.3 Å². The summed E-state index contributed by atoms with van der Waals surface area (Å²) in [5.41, 5.74) is 0. The first kappa shape index (κ1) is 9.56. The third kappa shape index (κ3) is 1.34. The predicted molar refractivity (Wildman–Crippen MR) is 50.2 cm³/mol. The number of halogens is 2. The molecule has 1 unspecified atom stereocenters. The van der Waals surface area contributed by atoms with Gasteiger partial charge in [0.2, 0.25) is 5.00 Å². The Balaban J connectivity index is 2.23. The van der Waals surface area contributed by atoms with Gasteiger partial charge < -0.3 is 5.11 Å². The van der Waals surface area contributed by atoms with Crippen molar-refractivity contribution >= 4 is 29.2 Å². The van der Waals surface area contributed by atoms with Gasteiger partial charge in [0.15, 0.2) is 0 Å². The maximum Gasteiger partial charge on any atom is 0.341 e. The summed E-state index contributed by atoms with van der Waals surface area (Å²) in [5, 5.41) is 8.55. The highest BCUT2D eigenvalue weighted by Gasteiger charge is 2.57. The van der Waals surface area contributed by atoms with Crippen molar-refractivity contribution in [2.75, 3.05) is 6.54 Å². The number of carboxylic acids is 1. The Morgan fingerprint density at radius 1 is 1.46 bits per heavy atom. The van der Waals surface area contributed by atoms with E-state index >= 15 is 0 Å². The molecule has 0 aromatic heterocycles. The van der Waals surface area contributed by atoms with Crippen LogP contribution in [0, 0.1) is 0 Å². The summed E-state index contributed by atoms with van der Waals surface area (Å²) in [4.78, 5) is 11.5. The maximum absolute atomic E-state index is 11.0. The number of carbonyl (C=O) groups is 1. The van der Waals surface area contributed by atoms with E-state index in [1.807, 2.05) is 4.90 Å². The zero-order chi connectivity index (χ0) is 9.64. The van der Waals surface area contributed by atoms with Crippen LogP contribution in [0.4, 0.5) is 0 Å². The summed E-state index contributed by atoms with van der Waals surface area (Å²) >= 11 is 12.0. The van der Waals surface area contributed by atoms with Crippen molar-refractivity contribution < 1.29 is 9.90 Å². The van der Waals surface area contributed by atoms with Crippen LogP contribution < -0.4 is 0 Å². The van der Waals surface area contributed by atoms with Crippen molar-refractivity contribution in [2.45, 2.75) is 35.7 Å². The second-order valence-electron chi connectivity index (χ2n) is 3.66. The molecule has 0 spiro atoms. The molecule has 0 aromatic carbocycles. The summed E-state index contributed by atoms with van der Waals surface area (Å²) in [6.07, 6.45) is 2.75. The number of rotatable bonds is 2. The van der Waals surface area contributed by atoms with Crippen LogP contribution in [-0.2, 0) is 4.79 Å². The van der Waals surface area contributed by atoms with Gasteiger partial charge in [-0.15, -0.1) is 11.6 Å². The molecule has 5 heteroatoms. The first-order valence-corrected chi connectivity index (χ1v) is 5.21. The topological polar surface area (TPSA) is 40.5 Å². The molecule has 1 aliphatic carbocycles. The van der Waals surface area contributed by atoms with Crippen LogP contribution in [0.5, 0.6) is 0 Å². The van der Waals surface area contributed by atoms with Crippen molar-refractivity contribution in [1.82, 2.24) is 4.90 Å². The number of carboxylic acid groups (broad SMARTS) is 1. The van der Waals surface area contributed by atoms with Gasteiger partial charge >= 0.3 is 5.97 Å². The first-order valence-electron chi connectivity index (χ1n) is 4.40. The number of hydrogen-bond acceptors (Lipinski definition) is 2. The van der Waals surface area contributed by atoms with E-state index in [2.05, 4.69) is 0 Å². The van der Waals surface area contributed by atoms with E-state index in [-0.39, 0.29) is 0 Å². The van der Waals surface area contributed by atoms with Crippen LogP contribution in [0.25, 0.3) is 0 Å². The highest BCUT2D eigenvalue weighted by Crippen LogP contribution is 2.44. The Morgan fingerprint density at radius 3 is 2.54 bits per heavy atom. The fraction of sp³-hybridized carbons (Fsp3) is 0.875. The normalized spacial score (nSPS) is 40.9. The highest BCUT2D eigenvalue weighted by atomic mass is 35.5. The van der Waals surface area contributed by atoms with Crippen LogP contribution in [0.15, 0.2) is 0 Å². The molecule has 1 saturated carbocycles. The minimum Gasteiger partial charge on any atom is -0.479 e. The second kappa shape index (κ2) is 3.01. The van der Waals surface area contributed by atoms with Gasteiger partial charge in [0.05, 0.1) is 5.38 Å². The van der Waals surface area contributed by atoms with Crippen molar-refractivity contribution in [3.63, 3.8) is 0 Å². The van der Waals surface area contributed by atoms with Crippen LogP contribution in [-0.4, -0.2) is 38.9 Å². The first-order chi connectivity index (χ1) is 6.06. The average Bonchev–Trinajstić information content (AvgIpc) is 2.83. The van der Waals surface area contributed by atoms with Gasteiger partial charge in [-0.05, 0) is 19.3 Å². The van der Waals surface area contributed by atoms with Crippen LogP contribution in [0.1, 0.15) is 19.3 Å². The largest absolute Gasteiger partial charge is 0.479 e. The van der Waals surface area contributed by atoms with E-state index in [0.717, 1.165) is 12.8 Å². The molecule has 1 N–H and O–H groups in total. The number of aliphatic carboxylic acids is 1. The van der Waals surface area contributed by atoms with Crippen LogP contribution in [0.2, 0.25) is 0 Å². The number of hydrogen-bond donors (Lipinski definition) is 1. The molecular formula is C8H11Cl2NO2. The molecule has 0 radical (unpaired) electrons. The Bertz CT molecular complexity index is 244. The molecule has 1 saturated heterocycles. The number of alkyl halides is 2. The lowest BCUT2D eigenvalue weighted by molar-refractivity contribution is -0.144. The third-order valence-electron chi connectivity index (χ3n) is 2.74. The lowest BCUT2D eigenvalue weighted by atomic mass is 10.2. The summed E-state index contributed by atoms with van der Waals surface area (Å²) in [7, 11) is 0. The summed E-state index contributed by atoms with van der Waals surface area (Å²) in [5.74, 6) is -1.02. The molecule has 2 fully saturated rings. The predicted octanol–water partition coefficient (Wildman–Crippen LogP) is 1.48.